The predicted octanol–water partition coefficient (Wildman–Crippen LogP) is 1.80. The fraction of sp³-hybridized carbons (Fsp3) is 0.273. The van der Waals surface area contributed by atoms with Crippen LogP contribution >= 0.6 is 11.6 Å². The van der Waals surface area contributed by atoms with Crippen LogP contribution in [0.1, 0.15) is 11.1 Å². The molecule has 0 aliphatic heterocycles. The molecule has 0 saturated carbocycles. The zero-order chi connectivity index (χ0) is 12.1. The van der Waals surface area contributed by atoms with E-state index in [-0.39, 0.29) is 6.54 Å². The Morgan fingerprint density at radius 1 is 1.62 bits per heavy atom. The van der Waals surface area contributed by atoms with Gasteiger partial charge in [-0.1, -0.05) is 11.6 Å². The van der Waals surface area contributed by atoms with Crippen LogP contribution in [-0.4, -0.2) is 13.0 Å². The molecule has 0 unspecified atom stereocenters. The average molecular weight is 239 g/mol. The lowest BCUT2D eigenvalue weighted by atomic mass is 10.1. The molecule has 0 aromatic heterocycles. The Kier molecular flexibility index (Phi) is 4.15. The molecule has 0 atom stereocenters. The Morgan fingerprint density at radius 2 is 2.31 bits per heavy atom. The number of benzene rings is 1. The highest BCUT2D eigenvalue weighted by Gasteiger charge is 2.08. The van der Waals surface area contributed by atoms with Crippen LogP contribution in [0, 0.1) is 18.3 Å². The van der Waals surface area contributed by atoms with Crippen LogP contribution in [0.25, 0.3) is 0 Å². The third kappa shape index (κ3) is 2.88. The summed E-state index contributed by atoms with van der Waals surface area (Å²) in [5.74, 6) is -0.0427. The minimum absolute atomic E-state index is 0.218. The first-order valence-corrected chi connectivity index (χ1v) is 4.97. The smallest absolute Gasteiger partial charge is 0.322 e. The van der Waals surface area contributed by atoms with Gasteiger partial charge in [0, 0.05) is 17.1 Å². The summed E-state index contributed by atoms with van der Waals surface area (Å²) >= 11 is 5.96. The lowest BCUT2D eigenvalue weighted by Gasteiger charge is -2.10. The number of ether oxygens (including phenoxy) is 1. The number of carbonyl (C=O) groups is 1. The highest BCUT2D eigenvalue weighted by atomic mass is 35.5. The van der Waals surface area contributed by atoms with Crippen molar-refractivity contribution in [3.8, 4) is 11.8 Å². The predicted molar refractivity (Wildman–Crippen MR) is 60.2 cm³/mol. The van der Waals surface area contributed by atoms with Gasteiger partial charge in [-0.2, -0.15) is 5.26 Å². The highest BCUT2D eigenvalue weighted by Crippen LogP contribution is 2.26. The highest BCUT2D eigenvalue weighted by molar-refractivity contribution is 6.31. The molecule has 0 aliphatic carbocycles. The molecule has 1 N–H and O–H groups in total. The monoisotopic (exact) mass is 238 g/mol. The first kappa shape index (κ1) is 12.3. The van der Waals surface area contributed by atoms with Crippen molar-refractivity contribution in [1.29, 1.82) is 5.26 Å². The van der Waals surface area contributed by atoms with E-state index in [0.717, 1.165) is 11.1 Å². The second kappa shape index (κ2) is 5.38. The third-order valence-corrected chi connectivity index (χ3v) is 2.51. The number of carbonyl (C=O) groups excluding carboxylic acids is 1. The van der Waals surface area contributed by atoms with Gasteiger partial charge < -0.3 is 10.1 Å². The van der Waals surface area contributed by atoms with Crippen molar-refractivity contribution in [2.45, 2.75) is 13.5 Å². The first-order valence-electron chi connectivity index (χ1n) is 4.59. The molecule has 1 amide bonds. The van der Waals surface area contributed by atoms with Crippen LogP contribution in [0.15, 0.2) is 12.1 Å². The second-order valence-electron chi connectivity index (χ2n) is 3.21. The van der Waals surface area contributed by atoms with Crippen molar-refractivity contribution in [1.82, 2.24) is 5.32 Å². The van der Waals surface area contributed by atoms with Crippen LogP contribution in [0.3, 0.4) is 0 Å². The molecule has 0 bridgehead atoms. The first-order chi connectivity index (χ1) is 7.58. The van der Waals surface area contributed by atoms with Gasteiger partial charge in [-0.3, -0.25) is 4.79 Å². The summed E-state index contributed by atoms with van der Waals surface area (Å²) in [5.41, 5.74) is 1.63. The molecule has 5 heteroatoms. The van der Waals surface area contributed by atoms with Gasteiger partial charge in [-0.15, -0.1) is 0 Å². The number of nitrogens with zero attached hydrogens (tertiary/aromatic N) is 1. The molecule has 1 aromatic rings. The van der Waals surface area contributed by atoms with Gasteiger partial charge in [-0.25, -0.2) is 0 Å². The summed E-state index contributed by atoms with van der Waals surface area (Å²) in [4.78, 5) is 10.8. The van der Waals surface area contributed by atoms with Crippen molar-refractivity contribution in [3.05, 3.63) is 28.3 Å². The molecule has 1 rings (SSSR count). The van der Waals surface area contributed by atoms with Gasteiger partial charge in [0.25, 0.3) is 0 Å². The van der Waals surface area contributed by atoms with Crippen molar-refractivity contribution in [2.24, 2.45) is 0 Å². The Bertz CT molecular complexity index is 452. The van der Waals surface area contributed by atoms with Gasteiger partial charge >= 0.3 is 5.91 Å². The maximum absolute atomic E-state index is 10.8. The zero-order valence-corrected chi connectivity index (χ0v) is 9.76. The summed E-state index contributed by atoms with van der Waals surface area (Å²) < 4.78 is 5.15. The fourth-order valence-corrected chi connectivity index (χ4v) is 1.43. The normalized spacial score (nSPS) is 9.38. The quantitative estimate of drug-likeness (QED) is 0.817. The fourth-order valence-electron chi connectivity index (χ4n) is 1.24. The number of halogens is 1. The number of methoxy groups -OCH3 is 1. The Labute approximate surface area is 98.8 Å². The molecule has 84 valence electrons. The number of aryl methyl sites for hydroxylation is 1. The van der Waals surface area contributed by atoms with Crippen molar-refractivity contribution in [2.75, 3.05) is 7.11 Å². The molecule has 0 radical (unpaired) electrons. The van der Waals surface area contributed by atoms with E-state index in [1.54, 1.807) is 12.1 Å². The standard InChI is InChI=1S/C11H11ClN2O2/c1-7-3-10(16-2)8(4-9(7)12)6-14-11(15)5-13/h3-4H,6H2,1-2H3,(H,14,15). The van der Waals surface area contributed by atoms with Crippen molar-refractivity contribution >= 4 is 17.5 Å². The minimum Gasteiger partial charge on any atom is -0.496 e. The molecule has 1 aromatic carbocycles. The van der Waals surface area contributed by atoms with E-state index in [4.69, 9.17) is 21.6 Å². The van der Waals surface area contributed by atoms with Crippen LogP contribution in [0.5, 0.6) is 5.75 Å². The topological polar surface area (TPSA) is 62.1 Å². The van der Waals surface area contributed by atoms with E-state index in [0.29, 0.717) is 10.8 Å². The van der Waals surface area contributed by atoms with Crippen LogP contribution in [-0.2, 0) is 11.3 Å². The summed E-state index contributed by atoms with van der Waals surface area (Å²) in [7, 11) is 1.54. The van der Waals surface area contributed by atoms with E-state index in [2.05, 4.69) is 5.32 Å². The van der Waals surface area contributed by atoms with Gasteiger partial charge in [0.15, 0.2) is 6.07 Å². The van der Waals surface area contributed by atoms with E-state index in [1.807, 2.05) is 6.92 Å². The Morgan fingerprint density at radius 3 is 2.88 bits per heavy atom. The van der Waals surface area contributed by atoms with E-state index >= 15 is 0 Å². The third-order valence-electron chi connectivity index (χ3n) is 2.10. The maximum Gasteiger partial charge on any atom is 0.322 e. The van der Waals surface area contributed by atoms with Crippen LogP contribution in [0.2, 0.25) is 5.02 Å². The minimum atomic E-state index is -0.682. The zero-order valence-electron chi connectivity index (χ0n) is 9.00. The van der Waals surface area contributed by atoms with Gasteiger partial charge in [0.05, 0.1) is 7.11 Å². The molecule has 0 saturated heterocycles. The number of nitriles is 1. The number of amides is 1. The van der Waals surface area contributed by atoms with E-state index in [9.17, 15) is 4.79 Å². The Balaban J connectivity index is 2.91. The SMILES string of the molecule is COc1cc(C)c(Cl)cc1CNC(=O)C#N. The van der Waals surface area contributed by atoms with E-state index in [1.165, 1.54) is 13.2 Å². The molecule has 0 spiro atoms. The largest absolute Gasteiger partial charge is 0.496 e. The number of hydrogen-bond donors (Lipinski definition) is 1. The molecule has 16 heavy (non-hydrogen) atoms. The van der Waals surface area contributed by atoms with Gasteiger partial charge in [0.2, 0.25) is 0 Å². The molecular formula is C11H11ClN2O2. The van der Waals surface area contributed by atoms with Crippen LogP contribution in [0.4, 0.5) is 0 Å². The molecular weight excluding hydrogens is 228 g/mol. The van der Waals surface area contributed by atoms with E-state index < -0.39 is 5.91 Å². The number of hydrogen-bond acceptors (Lipinski definition) is 3. The summed E-state index contributed by atoms with van der Waals surface area (Å²) in [6.45, 7) is 2.08. The number of nitrogens with one attached hydrogen (secondary N) is 1. The number of rotatable bonds is 3. The summed E-state index contributed by atoms with van der Waals surface area (Å²) in [6, 6.07) is 4.98. The molecule has 4 nitrogen and oxygen atoms in total. The maximum atomic E-state index is 10.8. The summed E-state index contributed by atoms with van der Waals surface area (Å²) in [6.07, 6.45) is 0. The van der Waals surface area contributed by atoms with Crippen molar-refractivity contribution in [3.63, 3.8) is 0 Å². The summed E-state index contributed by atoms with van der Waals surface area (Å²) in [5, 5.41) is 11.3. The Hall–Kier alpha value is -1.73. The molecule has 0 aliphatic rings. The molecule has 0 fully saturated rings. The molecule has 0 heterocycles. The lowest BCUT2D eigenvalue weighted by Crippen LogP contribution is -2.20. The van der Waals surface area contributed by atoms with Crippen molar-refractivity contribution < 1.29 is 9.53 Å². The van der Waals surface area contributed by atoms with Gasteiger partial charge in [-0.05, 0) is 24.6 Å². The van der Waals surface area contributed by atoms with Crippen LogP contribution < -0.4 is 10.1 Å². The van der Waals surface area contributed by atoms with Gasteiger partial charge in [0.1, 0.15) is 5.75 Å². The average Bonchev–Trinajstić information content (AvgIpc) is 2.29. The second-order valence-corrected chi connectivity index (χ2v) is 3.61. The lowest BCUT2D eigenvalue weighted by molar-refractivity contribution is -0.116.